The highest BCUT2D eigenvalue weighted by Crippen LogP contribution is 2.11. The van der Waals surface area contributed by atoms with Gasteiger partial charge in [-0.05, 0) is 49.4 Å². The molecule has 0 aliphatic carbocycles. The second-order valence-electron chi connectivity index (χ2n) is 5.33. The maximum Gasteiger partial charge on any atom is 0.0704 e. The summed E-state index contributed by atoms with van der Waals surface area (Å²) in [5.74, 6) is 0.629. The molecule has 0 aromatic heterocycles. The van der Waals surface area contributed by atoms with E-state index in [9.17, 15) is 5.11 Å². The third kappa shape index (κ3) is 5.33. The van der Waals surface area contributed by atoms with Crippen LogP contribution in [0.15, 0.2) is 18.2 Å². The zero-order valence-electron chi connectivity index (χ0n) is 11.5. The van der Waals surface area contributed by atoms with Crippen LogP contribution in [0, 0.1) is 19.8 Å². The molecule has 96 valence electrons. The van der Waals surface area contributed by atoms with Gasteiger partial charge >= 0.3 is 0 Å². The van der Waals surface area contributed by atoms with Crippen molar-refractivity contribution in [3.8, 4) is 0 Å². The lowest BCUT2D eigenvalue weighted by Gasteiger charge is -2.14. The van der Waals surface area contributed by atoms with Gasteiger partial charge in [-0.25, -0.2) is 0 Å². The number of aryl methyl sites for hydroxylation is 2. The number of benzene rings is 1. The smallest absolute Gasteiger partial charge is 0.0704 e. The summed E-state index contributed by atoms with van der Waals surface area (Å²) in [6.07, 6.45) is 0.433. The van der Waals surface area contributed by atoms with Crippen LogP contribution in [0.25, 0.3) is 0 Å². The van der Waals surface area contributed by atoms with Crippen molar-refractivity contribution in [2.75, 3.05) is 13.1 Å². The summed E-state index contributed by atoms with van der Waals surface area (Å²) >= 11 is 0. The van der Waals surface area contributed by atoms with E-state index in [1.54, 1.807) is 0 Å². The first-order valence-corrected chi connectivity index (χ1v) is 6.44. The summed E-state index contributed by atoms with van der Waals surface area (Å²) in [6.45, 7) is 10.2. The number of aliphatic hydroxyl groups excluding tert-OH is 1. The van der Waals surface area contributed by atoms with Crippen molar-refractivity contribution in [1.82, 2.24) is 5.32 Å². The standard InChI is InChI=1S/C15H25NO/c1-11(2)9-16-10-15(17)8-14-6-5-12(3)13(4)7-14/h5-7,11,15-17H,8-10H2,1-4H3. The van der Waals surface area contributed by atoms with E-state index in [0.29, 0.717) is 12.5 Å². The molecule has 1 rings (SSSR count). The van der Waals surface area contributed by atoms with E-state index < -0.39 is 0 Å². The fraction of sp³-hybridized carbons (Fsp3) is 0.600. The molecular weight excluding hydrogens is 210 g/mol. The highest BCUT2D eigenvalue weighted by atomic mass is 16.3. The first kappa shape index (κ1) is 14.2. The molecule has 2 heteroatoms. The van der Waals surface area contributed by atoms with Crippen LogP contribution in [0.4, 0.5) is 0 Å². The van der Waals surface area contributed by atoms with E-state index in [1.807, 2.05) is 0 Å². The van der Waals surface area contributed by atoms with Gasteiger partial charge in [-0.1, -0.05) is 32.0 Å². The van der Waals surface area contributed by atoms with E-state index in [0.717, 1.165) is 13.0 Å². The molecule has 0 radical (unpaired) electrons. The van der Waals surface area contributed by atoms with Gasteiger partial charge in [0, 0.05) is 6.54 Å². The molecular formula is C15H25NO. The molecule has 1 unspecified atom stereocenters. The molecule has 2 nitrogen and oxygen atoms in total. The fourth-order valence-electron chi connectivity index (χ4n) is 1.81. The van der Waals surface area contributed by atoms with Crippen molar-refractivity contribution in [3.63, 3.8) is 0 Å². The van der Waals surface area contributed by atoms with Crippen LogP contribution in [0.3, 0.4) is 0 Å². The lowest BCUT2D eigenvalue weighted by Crippen LogP contribution is -2.30. The minimum atomic E-state index is -0.296. The van der Waals surface area contributed by atoms with E-state index in [2.05, 4.69) is 51.2 Å². The Bertz CT molecular complexity index is 347. The summed E-state index contributed by atoms with van der Waals surface area (Å²) in [4.78, 5) is 0. The Morgan fingerprint density at radius 2 is 1.82 bits per heavy atom. The molecule has 0 aliphatic heterocycles. The number of hydrogen-bond acceptors (Lipinski definition) is 2. The Labute approximate surface area is 105 Å². The van der Waals surface area contributed by atoms with Gasteiger partial charge in [0.15, 0.2) is 0 Å². The van der Waals surface area contributed by atoms with Crippen LogP contribution in [-0.4, -0.2) is 24.3 Å². The first-order valence-electron chi connectivity index (χ1n) is 6.44. The van der Waals surface area contributed by atoms with Gasteiger partial charge < -0.3 is 10.4 Å². The third-order valence-electron chi connectivity index (χ3n) is 2.98. The molecule has 0 heterocycles. The highest BCUT2D eigenvalue weighted by Gasteiger charge is 2.06. The largest absolute Gasteiger partial charge is 0.391 e. The molecule has 1 atom stereocenters. The van der Waals surface area contributed by atoms with Gasteiger partial charge in [0.2, 0.25) is 0 Å². The first-order chi connectivity index (χ1) is 7.99. The summed E-state index contributed by atoms with van der Waals surface area (Å²) in [5, 5.41) is 13.2. The average Bonchev–Trinajstić information content (AvgIpc) is 2.23. The molecule has 0 amide bonds. The van der Waals surface area contributed by atoms with E-state index in [4.69, 9.17) is 0 Å². The topological polar surface area (TPSA) is 32.3 Å². The Morgan fingerprint density at radius 3 is 2.41 bits per heavy atom. The predicted octanol–water partition coefficient (Wildman–Crippen LogP) is 2.45. The minimum Gasteiger partial charge on any atom is -0.391 e. The molecule has 0 saturated carbocycles. The normalized spacial score (nSPS) is 13.1. The van der Waals surface area contributed by atoms with Gasteiger partial charge in [0.1, 0.15) is 0 Å². The van der Waals surface area contributed by atoms with Crippen LogP contribution in [0.2, 0.25) is 0 Å². The summed E-state index contributed by atoms with van der Waals surface area (Å²) < 4.78 is 0. The molecule has 1 aromatic rings. The van der Waals surface area contributed by atoms with E-state index in [1.165, 1.54) is 16.7 Å². The van der Waals surface area contributed by atoms with Gasteiger partial charge in [-0.3, -0.25) is 0 Å². The van der Waals surface area contributed by atoms with Gasteiger partial charge in [-0.15, -0.1) is 0 Å². The van der Waals surface area contributed by atoms with Crippen LogP contribution < -0.4 is 5.32 Å². The second kappa shape index (κ2) is 6.77. The van der Waals surface area contributed by atoms with Crippen molar-refractivity contribution in [1.29, 1.82) is 0 Å². The van der Waals surface area contributed by atoms with Crippen molar-refractivity contribution in [2.24, 2.45) is 5.92 Å². The lowest BCUT2D eigenvalue weighted by atomic mass is 10.0. The second-order valence-corrected chi connectivity index (χ2v) is 5.33. The zero-order chi connectivity index (χ0) is 12.8. The van der Waals surface area contributed by atoms with E-state index in [-0.39, 0.29) is 6.10 Å². The van der Waals surface area contributed by atoms with Crippen molar-refractivity contribution >= 4 is 0 Å². The lowest BCUT2D eigenvalue weighted by molar-refractivity contribution is 0.170. The number of hydrogen-bond donors (Lipinski definition) is 2. The summed E-state index contributed by atoms with van der Waals surface area (Å²) in [7, 11) is 0. The van der Waals surface area contributed by atoms with Crippen molar-refractivity contribution in [3.05, 3.63) is 34.9 Å². The Balaban J connectivity index is 2.39. The average molecular weight is 235 g/mol. The Hall–Kier alpha value is -0.860. The van der Waals surface area contributed by atoms with Gasteiger partial charge in [-0.2, -0.15) is 0 Å². The van der Waals surface area contributed by atoms with Gasteiger partial charge in [0.25, 0.3) is 0 Å². The van der Waals surface area contributed by atoms with Crippen LogP contribution in [-0.2, 0) is 6.42 Å². The van der Waals surface area contributed by atoms with Crippen molar-refractivity contribution in [2.45, 2.75) is 40.2 Å². The quantitative estimate of drug-likeness (QED) is 0.794. The predicted molar refractivity (Wildman–Crippen MR) is 73.3 cm³/mol. The number of rotatable bonds is 6. The number of nitrogens with one attached hydrogen (secondary N) is 1. The minimum absolute atomic E-state index is 0.296. The third-order valence-corrected chi connectivity index (χ3v) is 2.98. The molecule has 0 spiro atoms. The highest BCUT2D eigenvalue weighted by molar-refractivity contribution is 5.30. The SMILES string of the molecule is Cc1ccc(CC(O)CNCC(C)C)cc1C. The van der Waals surface area contributed by atoms with Crippen LogP contribution >= 0.6 is 0 Å². The van der Waals surface area contributed by atoms with Crippen LogP contribution in [0.5, 0.6) is 0 Å². The molecule has 1 aromatic carbocycles. The molecule has 0 fully saturated rings. The Kier molecular flexibility index (Phi) is 5.66. The molecule has 0 bridgehead atoms. The summed E-state index contributed by atoms with van der Waals surface area (Å²) in [6, 6.07) is 6.40. The summed E-state index contributed by atoms with van der Waals surface area (Å²) in [5.41, 5.74) is 3.82. The van der Waals surface area contributed by atoms with Gasteiger partial charge in [0.05, 0.1) is 6.10 Å². The maximum atomic E-state index is 9.91. The zero-order valence-corrected chi connectivity index (χ0v) is 11.5. The van der Waals surface area contributed by atoms with Crippen LogP contribution in [0.1, 0.15) is 30.5 Å². The van der Waals surface area contributed by atoms with Crippen molar-refractivity contribution < 1.29 is 5.11 Å². The molecule has 2 N–H and O–H groups in total. The monoisotopic (exact) mass is 235 g/mol. The number of aliphatic hydroxyl groups is 1. The fourth-order valence-corrected chi connectivity index (χ4v) is 1.81. The van der Waals surface area contributed by atoms with E-state index >= 15 is 0 Å². The Morgan fingerprint density at radius 1 is 1.12 bits per heavy atom. The molecule has 0 aliphatic rings. The maximum absolute atomic E-state index is 9.91. The molecule has 17 heavy (non-hydrogen) atoms. The molecule has 0 saturated heterocycles.